The first-order valence-corrected chi connectivity index (χ1v) is 6.41. The van der Waals surface area contributed by atoms with Crippen molar-refractivity contribution in [2.24, 2.45) is 0 Å². The Morgan fingerprint density at radius 3 is 1.50 bits per heavy atom. The third-order valence-corrected chi connectivity index (χ3v) is 3.93. The van der Waals surface area contributed by atoms with Crippen molar-refractivity contribution < 1.29 is 0 Å². The largest absolute Gasteiger partial charge is 0.340 e. The quantitative estimate of drug-likeness (QED) is 0.680. The molecule has 0 aromatic heterocycles. The summed E-state index contributed by atoms with van der Waals surface area (Å²) >= 11 is 12.6. The van der Waals surface area contributed by atoms with E-state index in [1.807, 2.05) is 50.5 Å². The lowest BCUT2D eigenvalue weighted by atomic mass is 10.1. The summed E-state index contributed by atoms with van der Waals surface area (Å²) in [6.45, 7) is 0. The highest BCUT2D eigenvalue weighted by Gasteiger charge is 2.27. The van der Waals surface area contributed by atoms with E-state index in [0.29, 0.717) is 0 Å². The van der Waals surface area contributed by atoms with Crippen LogP contribution in [0.1, 0.15) is 0 Å². The normalized spacial score (nSPS) is 13.3. The maximum Gasteiger partial charge on any atom is 0.0839 e. The second-order valence-corrected chi connectivity index (χ2v) is 5.15. The molecule has 0 radical (unpaired) electrons. The van der Waals surface area contributed by atoms with Crippen LogP contribution < -0.4 is 9.80 Å². The van der Waals surface area contributed by atoms with Crippen molar-refractivity contribution in [1.29, 1.82) is 0 Å². The van der Waals surface area contributed by atoms with Crippen LogP contribution >= 0.6 is 23.2 Å². The van der Waals surface area contributed by atoms with Crippen LogP contribution in [-0.2, 0) is 0 Å². The third kappa shape index (κ3) is 1.49. The second kappa shape index (κ2) is 4.08. The summed E-state index contributed by atoms with van der Waals surface area (Å²) in [6.07, 6.45) is 0. The molecule has 92 valence electrons. The molecule has 1 aliphatic rings. The van der Waals surface area contributed by atoms with E-state index in [4.69, 9.17) is 23.2 Å². The number of hydrogen-bond donors (Lipinski definition) is 0. The lowest BCUT2D eigenvalue weighted by Gasteiger charge is -2.37. The van der Waals surface area contributed by atoms with Crippen molar-refractivity contribution in [2.75, 3.05) is 23.9 Å². The van der Waals surface area contributed by atoms with Gasteiger partial charge in [-0.3, -0.25) is 0 Å². The number of nitrogens with zero attached hydrogens (tertiary/aromatic N) is 2. The van der Waals surface area contributed by atoms with E-state index < -0.39 is 0 Å². The minimum absolute atomic E-state index is 0.743. The molecule has 0 spiro atoms. The highest BCUT2D eigenvalue weighted by molar-refractivity contribution is 6.36. The number of halogens is 2. The summed E-state index contributed by atoms with van der Waals surface area (Å²) in [7, 11) is 4.01. The zero-order valence-corrected chi connectivity index (χ0v) is 11.6. The molecule has 18 heavy (non-hydrogen) atoms. The Morgan fingerprint density at radius 2 is 1.11 bits per heavy atom. The number of benzene rings is 2. The first kappa shape index (κ1) is 11.7. The molecule has 2 aromatic rings. The molecule has 0 amide bonds. The van der Waals surface area contributed by atoms with Crippen LogP contribution in [0.2, 0.25) is 10.0 Å². The Bertz CT molecular complexity index is 570. The van der Waals surface area contributed by atoms with E-state index in [0.717, 1.165) is 32.8 Å². The van der Waals surface area contributed by atoms with Gasteiger partial charge in [-0.15, -0.1) is 0 Å². The molecule has 0 bridgehead atoms. The Hall–Kier alpha value is -1.38. The number of para-hydroxylation sites is 2. The summed E-state index contributed by atoms with van der Waals surface area (Å²) in [5.74, 6) is 0. The zero-order chi connectivity index (χ0) is 12.9. The Morgan fingerprint density at radius 1 is 0.722 bits per heavy atom. The fourth-order valence-corrected chi connectivity index (χ4v) is 3.05. The van der Waals surface area contributed by atoms with Gasteiger partial charge in [0, 0.05) is 14.1 Å². The molecule has 0 N–H and O–H groups in total. The smallest absolute Gasteiger partial charge is 0.0839 e. The molecule has 3 rings (SSSR count). The van der Waals surface area contributed by atoms with Gasteiger partial charge < -0.3 is 9.80 Å². The van der Waals surface area contributed by atoms with Gasteiger partial charge in [-0.1, -0.05) is 35.3 Å². The maximum atomic E-state index is 6.31. The van der Waals surface area contributed by atoms with E-state index in [-0.39, 0.29) is 0 Å². The van der Waals surface area contributed by atoms with Gasteiger partial charge in [-0.05, 0) is 24.3 Å². The van der Waals surface area contributed by atoms with Crippen LogP contribution in [0.3, 0.4) is 0 Å². The van der Waals surface area contributed by atoms with Crippen molar-refractivity contribution >= 4 is 46.0 Å². The van der Waals surface area contributed by atoms with Gasteiger partial charge >= 0.3 is 0 Å². The Labute approximate surface area is 116 Å². The van der Waals surface area contributed by atoms with Gasteiger partial charge in [0.25, 0.3) is 0 Å². The molecule has 1 heterocycles. The molecular formula is C14H12Cl2N2. The van der Waals surface area contributed by atoms with Crippen molar-refractivity contribution in [3.05, 3.63) is 46.4 Å². The fraction of sp³-hybridized carbons (Fsp3) is 0.143. The monoisotopic (exact) mass is 278 g/mol. The van der Waals surface area contributed by atoms with Crippen molar-refractivity contribution in [2.45, 2.75) is 0 Å². The van der Waals surface area contributed by atoms with Gasteiger partial charge in [-0.2, -0.15) is 0 Å². The number of rotatable bonds is 0. The zero-order valence-electron chi connectivity index (χ0n) is 10.1. The standard InChI is InChI=1S/C14H12Cl2N2/c1-17-11-7-3-6-10(16)14(11)18(2)12-8-4-5-9(15)13(12)17/h3-8H,1-2H3. The van der Waals surface area contributed by atoms with Gasteiger partial charge in [0.2, 0.25) is 0 Å². The van der Waals surface area contributed by atoms with E-state index in [2.05, 4.69) is 9.80 Å². The first-order valence-electron chi connectivity index (χ1n) is 5.65. The van der Waals surface area contributed by atoms with Crippen molar-refractivity contribution in [3.63, 3.8) is 0 Å². The molecule has 0 saturated carbocycles. The van der Waals surface area contributed by atoms with Crippen LogP contribution in [0, 0.1) is 0 Å². The van der Waals surface area contributed by atoms with Crippen LogP contribution in [0.15, 0.2) is 36.4 Å². The summed E-state index contributed by atoms with van der Waals surface area (Å²) in [5.41, 5.74) is 4.14. The van der Waals surface area contributed by atoms with Crippen LogP contribution in [0.5, 0.6) is 0 Å². The average molecular weight is 279 g/mol. The van der Waals surface area contributed by atoms with Gasteiger partial charge in [-0.25, -0.2) is 0 Å². The van der Waals surface area contributed by atoms with Crippen molar-refractivity contribution in [1.82, 2.24) is 0 Å². The molecule has 4 heteroatoms. The lowest BCUT2D eigenvalue weighted by Crippen LogP contribution is -2.24. The molecular weight excluding hydrogens is 267 g/mol. The first-order chi connectivity index (χ1) is 8.61. The molecule has 0 fully saturated rings. The highest BCUT2D eigenvalue weighted by Crippen LogP contribution is 2.51. The molecule has 0 saturated heterocycles. The minimum Gasteiger partial charge on any atom is -0.340 e. The summed E-state index contributed by atoms with van der Waals surface area (Å²) < 4.78 is 0. The number of hydrogen-bond acceptors (Lipinski definition) is 2. The lowest BCUT2D eigenvalue weighted by molar-refractivity contribution is 1.10. The van der Waals surface area contributed by atoms with Crippen LogP contribution in [0.25, 0.3) is 0 Å². The van der Waals surface area contributed by atoms with Crippen LogP contribution in [-0.4, -0.2) is 14.1 Å². The van der Waals surface area contributed by atoms with E-state index >= 15 is 0 Å². The molecule has 0 unspecified atom stereocenters. The Kier molecular flexibility index (Phi) is 2.65. The molecule has 2 nitrogen and oxygen atoms in total. The number of fused-ring (bicyclic) bond motifs is 2. The van der Waals surface area contributed by atoms with E-state index in [1.54, 1.807) is 0 Å². The molecule has 0 aliphatic carbocycles. The topological polar surface area (TPSA) is 6.48 Å². The van der Waals surface area contributed by atoms with E-state index in [1.165, 1.54) is 0 Å². The minimum atomic E-state index is 0.743. The Balaban J connectivity index is 2.32. The molecule has 1 aliphatic heterocycles. The van der Waals surface area contributed by atoms with Gasteiger partial charge in [0.05, 0.1) is 32.8 Å². The fourth-order valence-electron chi connectivity index (χ4n) is 2.45. The second-order valence-electron chi connectivity index (χ2n) is 4.33. The maximum absolute atomic E-state index is 6.31. The van der Waals surface area contributed by atoms with Crippen molar-refractivity contribution in [3.8, 4) is 0 Å². The molecule has 0 atom stereocenters. The van der Waals surface area contributed by atoms with E-state index in [9.17, 15) is 0 Å². The predicted octanol–water partition coefficient (Wildman–Crippen LogP) is 4.84. The summed E-state index contributed by atoms with van der Waals surface area (Å²) in [6, 6.07) is 11.8. The predicted molar refractivity (Wildman–Crippen MR) is 79.0 cm³/mol. The summed E-state index contributed by atoms with van der Waals surface area (Å²) in [4.78, 5) is 4.16. The van der Waals surface area contributed by atoms with Crippen LogP contribution in [0.4, 0.5) is 22.7 Å². The number of anilines is 4. The highest BCUT2D eigenvalue weighted by atomic mass is 35.5. The molecule has 2 aromatic carbocycles. The van der Waals surface area contributed by atoms with Gasteiger partial charge in [0.15, 0.2) is 0 Å². The SMILES string of the molecule is CN1c2cccc(Cl)c2N(C)c2cccc(Cl)c21. The summed E-state index contributed by atoms with van der Waals surface area (Å²) in [5, 5.41) is 1.49. The third-order valence-electron chi connectivity index (χ3n) is 3.32. The average Bonchev–Trinajstić information content (AvgIpc) is 2.35. The van der Waals surface area contributed by atoms with Gasteiger partial charge in [0.1, 0.15) is 0 Å².